The molecule has 0 bridgehead atoms. The minimum absolute atomic E-state index is 0.150. The summed E-state index contributed by atoms with van der Waals surface area (Å²) in [4.78, 5) is 21.3. The number of rotatable bonds is 3. The summed E-state index contributed by atoms with van der Waals surface area (Å²) in [6, 6.07) is 8.54. The lowest BCUT2D eigenvalue weighted by atomic mass is 10.0. The summed E-state index contributed by atoms with van der Waals surface area (Å²) in [6.07, 6.45) is 2.54. The van der Waals surface area contributed by atoms with Crippen molar-refractivity contribution in [3.63, 3.8) is 0 Å². The first-order valence-electron chi connectivity index (χ1n) is 7.67. The zero-order valence-electron chi connectivity index (χ0n) is 12.9. The van der Waals surface area contributed by atoms with Gasteiger partial charge in [0.25, 0.3) is 5.56 Å². The van der Waals surface area contributed by atoms with Gasteiger partial charge in [-0.1, -0.05) is 29.8 Å². The van der Waals surface area contributed by atoms with E-state index in [0.717, 1.165) is 18.7 Å². The number of H-pyrrole nitrogens is 1. The van der Waals surface area contributed by atoms with Crippen LogP contribution >= 0.6 is 11.6 Å². The van der Waals surface area contributed by atoms with E-state index >= 15 is 0 Å². The fourth-order valence-electron chi connectivity index (χ4n) is 3.05. The Morgan fingerprint density at radius 3 is 2.77 bits per heavy atom. The molecule has 22 heavy (non-hydrogen) atoms. The van der Waals surface area contributed by atoms with E-state index in [4.69, 9.17) is 11.6 Å². The molecule has 1 fully saturated rings. The number of aromatic nitrogens is 2. The second-order valence-corrected chi connectivity index (χ2v) is 6.24. The molecule has 1 aliphatic heterocycles. The van der Waals surface area contributed by atoms with Crippen molar-refractivity contribution in [1.29, 1.82) is 0 Å². The normalized spacial score (nSPS) is 16.9. The lowest BCUT2D eigenvalue weighted by molar-refractivity contribution is 0.263. The molecular weight excluding hydrogens is 298 g/mol. The fraction of sp³-hybridized carbons (Fsp3) is 0.412. The van der Waals surface area contributed by atoms with Crippen LogP contribution in [0, 0.1) is 6.92 Å². The molecule has 0 amide bonds. The van der Waals surface area contributed by atoms with Crippen LogP contribution in [0.2, 0.25) is 5.02 Å². The topological polar surface area (TPSA) is 49.0 Å². The third kappa shape index (κ3) is 2.94. The largest absolute Gasteiger partial charge is 0.309 e. The highest BCUT2D eigenvalue weighted by atomic mass is 35.5. The number of aryl methyl sites for hydroxylation is 1. The van der Waals surface area contributed by atoms with Crippen LogP contribution < -0.4 is 5.56 Å². The van der Waals surface area contributed by atoms with Crippen LogP contribution in [0.5, 0.6) is 0 Å². The Hall–Kier alpha value is -1.65. The molecule has 1 aromatic carbocycles. The van der Waals surface area contributed by atoms with E-state index in [0.29, 0.717) is 17.6 Å². The summed E-state index contributed by atoms with van der Waals surface area (Å²) < 4.78 is 0. The van der Waals surface area contributed by atoms with Gasteiger partial charge in [0.15, 0.2) is 0 Å². The Kier molecular flexibility index (Phi) is 4.32. The van der Waals surface area contributed by atoms with Crippen molar-refractivity contribution >= 4 is 11.6 Å². The molecule has 0 spiro atoms. The Morgan fingerprint density at radius 1 is 1.32 bits per heavy atom. The third-order valence-corrected chi connectivity index (χ3v) is 4.66. The van der Waals surface area contributed by atoms with Crippen molar-refractivity contribution in [2.24, 2.45) is 0 Å². The van der Waals surface area contributed by atoms with Gasteiger partial charge in [-0.25, -0.2) is 4.98 Å². The smallest absolute Gasteiger partial charge is 0.270 e. The number of aromatic amines is 1. The van der Waals surface area contributed by atoms with Crippen LogP contribution in [0.4, 0.5) is 0 Å². The van der Waals surface area contributed by atoms with Crippen molar-refractivity contribution in [2.45, 2.75) is 32.7 Å². The van der Waals surface area contributed by atoms with Gasteiger partial charge in [0.1, 0.15) is 10.8 Å². The highest BCUT2D eigenvalue weighted by Crippen LogP contribution is 2.29. The van der Waals surface area contributed by atoms with Crippen LogP contribution in [0.3, 0.4) is 0 Å². The van der Waals surface area contributed by atoms with Gasteiger partial charge in [0, 0.05) is 11.6 Å². The van der Waals surface area contributed by atoms with Crippen molar-refractivity contribution in [2.75, 3.05) is 13.1 Å². The van der Waals surface area contributed by atoms with Gasteiger partial charge in [-0.05, 0) is 51.4 Å². The molecule has 3 rings (SSSR count). The maximum atomic E-state index is 11.8. The highest BCUT2D eigenvalue weighted by Gasteiger charge is 2.20. The molecule has 0 saturated carbocycles. The van der Waals surface area contributed by atoms with E-state index in [1.807, 2.05) is 12.1 Å². The molecule has 1 saturated heterocycles. The predicted octanol–water partition coefficient (Wildman–Crippen LogP) is 3.56. The van der Waals surface area contributed by atoms with Gasteiger partial charge in [-0.15, -0.1) is 0 Å². The van der Waals surface area contributed by atoms with Crippen LogP contribution in [-0.2, 0) is 0 Å². The average Bonchev–Trinajstić information content (AvgIpc) is 3.04. The van der Waals surface area contributed by atoms with Crippen LogP contribution in [-0.4, -0.2) is 28.0 Å². The monoisotopic (exact) mass is 317 g/mol. The number of benzene rings is 1. The Morgan fingerprint density at radius 2 is 2.05 bits per heavy atom. The Balaban J connectivity index is 1.99. The maximum absolute atomic E-state index is 11.8. The van der Waals surface area contributed by atoms with Gasteiger partial charge >= 0.3 is 0 Å². The number of hydrogen-bond donors (Lipinski definition) is 1. The fourth-order valence-corrected chi connectivity index (χ4v) is 3.25. The molecule has 2 heterocycles. The highest BCUT2D eigenvalue weighted by molar-refractivity contribution is 6.32. The first-order chi connectivity index (χ1) is 10.6. The molecule has 0 radical (unpaired) electrons. The van der Waals surface area contributed by atoms with E-state index in [2.05, 4.69) is 33.9 Å². The molecule has 1 N–H and O–H groups in total. The van der Waals surface area contributed by atoms with Gasteiger partial charge in [0.05, 0.1) is 5.69 Å². The van der Waals surface area contributed by atoms with E-state index in [1.165, 1.54) is 18.4 Å². The first-order valence-corrected chi connectivity index (χ1v) is 8.05. The molecule has 116 valence electrons. The minimum Gasteiger partial charge on any atom is -0.309 e. The summed E-state index contributed by atoms with van der Waals surface area (Å²) in [5.41, 5.74) is 2.39. The van der Waals surface area contributed by atoms with Gasteiger partial charge in [-0.3, -0.25) is 9.69 Å². The summed E-state index contributed by atoms with van der Waals surface area (Å²) in [7, 11) is 0. The minimum atomic E-state index is -0.290. The summed E-state index contributed by atoms with van der Waals surface area (Å²) in [6.45, 7) is 6.28. The maximum Gasteiger partial charge on any atom is 0.270 e. The summed E-state index contributed by atoms with van der Waals surface area (Å²) in [5, 5.41) is 0.150. The standard InChI is InChI=1S/C17H20ClN3O/c1-11(21-8-3-4-9-21)13-6-5-7-14(10-13)16-15(18)17(22)20-12(2)19-16/h5-7,10-11H,3-4,8-9H2,1-2H3,(H,19,20,22)/t11-/m1/s1. The van der Waals surface area contributed by atoms with Gasteiger partial charge in [-0.2, -0.15) is 0 Å². The van der Waals surface area contributed by atoms with Crippen molar-refractivity contribution < 1.29 is 0 Å². The molecule has 2 aromatic rings. The van der Waals surface area contributed by atoms with Crippen LogP contribution in [0.1, 0.15) is 37.2 Å². The van der Waals surface area contributed by atoms with Crippen LogP contribution in [0.15, 0.2) is 29.1 Å². The molecule has 5 heteroatoms. The Labute approximate surface area is 135 Å². The molecule has 1 aromatic heterocycles. The van der Waals surface area contributed by atoms with E-state index in [9.17, 15) is 4.79 Å². The SMILES string of the molecule is Cc1nc(-c2cccc([C@@H](C)N3CCCC3)c2)c(Cl)c(=O)[nH]1. The molecule has 1 atom stereocenters. The molecule has 1 aliphatic rings. The van der Waals surface area contributed by atoms with E-state index in [1.54, 1.807) is 6.92 Å². The summed E-state index contributed by atoms with van der Waals surface area (Å²) in [5.74, 6) is 0.572. The lowest BCUT2D eigenvalue weighted by Crippen LogP contribution is -2.23. The van der Waals surface area contributed by atoms with Crippen molar-refractivity contribution in [1.82, 2.24) is 14.9 Å². The van der Waals surface area contributed by atoms with Gasteiger partial charge < -0.3 is 4.98 Å². The molecular formula is C17H20ClN3O. The van der Waals surface area contributed by atoms with Crippen molar-refractivity contribution in [3.05, 3.63) is 51.0 Å². The first kappa shape index (κ1) is 15.3. The second kappa shape index (κ2) is 6.23. The average molecular weight is 318 g/mol. The molecule has 0 aliphatic carbocycles. The number of nitrogens with zero attached hydrogens (tertiary/aromatic N) is 2. The zero-order valence-corrected chi connectivity index (χ0v) is 13.7. The molecule has 0 unspecified atom stereocenters. The second-order valence-electron chi connectivity index (χ2n) is 5.86. The predicted molar refractivity (Wildman–Crippen MR) is 89.3 cm³/mol. The van der Waals surface area contributed by atoms with Crippen molar-refractivity contribution in [3.8, 4) is 11.3 Å². The summed E-state index contributed by atoms with van der Waals surface area (Å²) >= 11 is 6.14. The third-order valence-electron chi connectivity index (χ3n) is 4.31. The van der Waals surface area contributed by atoms with Crippen LogP contribution in [0.25, 0.3) is 11.3 Å². The quantitative estimate of drug-likeness (QED) is 0.941. The van der Waals surface area contributed by atoms with E-state index < -0.39 is 0 Å². The molecule has 4 nitrogen and oxygen atoms in total. The van der Waals surface area contributed by atoms with E-state index in [-0.39, 0.29) is 10.6 Å². The number of likely N-dealkylation sites (tertiary alicyclic amines) is 1. The zero-order chi connectivity index (χ0) is 15.7. The lowest BCUT2D eigenvalue weighted by Gasteiger charge is -2.24. The number of hydrogen-bond acceptors (Lipinski definition) is 3. The Bertz CT molecular complexity index is 735. The number of halogens is 1. The van der Waals surface area contributed by atoms with Gasteiger partial charge in [0.2, 0.25) is 0 Å². The number of nitrogens with one attached hydrogen (secondary N) is 1.